The second kappa shape index (κ2) is 11.5. The van der Waals surface area contributed by atoms with Gasteiger partial charge in [0.25, 0.3) is 0 Å². The van der Waals surface area contributed by atoms with Crippen LogP contribution in [0.3, 0.4) is 0 Å². The second-order valence-corrected chi connectivity index (χ2v) is 8.24. The van der Waals surface area contributed by atoms with Crippen molar-refractivity contribution >= 4 is 44.0 Å². The third-order valence-corrected chi connectivity index (χ3v) is 5.01. The molecule has 160 valence electrons. The van der Waals surface area contributed by atoms with Crippen LogP contribution in [0.15, 0.2) is 80.8 Å². The molecule has 0 aliphatic carbocycles. The van der Waals surface area contributed by atoms with Crippen LogP contribution in [0.2, 0.25) is 0 Å². The fourth-order valence-corrected chi connectivity index (χ4v) is 3.55. The van der Waals surface area contributed by atoms with E-state index in [-0.39, 0.29) is 0 Å². The number of aliphatic carboxylic acids is 1. The molecule has 0 bridgehead atoms. The van der Waals surface area contributed by atoms with Gasteiger partial charge in [0.15, 0.2) is 11.5 Å². The molecular formula is C23H19Br2NO5. The molecule has 0 saturated carbocycles. The molecule has 0 aliphatic heterocycles. The summed E-state index contributed by atoms with van der Waals surface area (Å²) in [7, 11) is 0. The summed E-state index contributed by atoms with van der Waals surface area (Å²) < 4.78 is 14.0. The summed E-state index contributed by atoms with van der Waals surface area (Å²) in [5, 5.41) is 12.4. The van der Waals surface area contributed by atoms with Crippen LogP contribution in [-0.4, -0.2) is 23.9 Å². The topological polar surface area (TPSA) is 77.4 Å². The maximum absolute atomic E-state index is 10.6. The van der Waals surface area contributed by atoms with E-state index in [1.54, 1.807) is 12.1 Å². The average Bonchev–Trinajstić information content (AvgIpc) is 2.74. The Morgan fingerprint density at radius 3 is 2.13 bits per heavy atom. The van der Waals surface area contributed by atoms with Gasteiger partial charge in [-0.05, 0) is 47.5 Å². The zero-order valence-corrected chi connectivity index (χ0v) is 19.5. The molecule has 0 unspecified atom stereocenters. The maximum Gasteiger partial charge on any atom is 0.344 e. The SMILES string of the molecule is O=C(O)CON=Cc1cccc(OCc2cccc(Br)c2)c1OCc1cccc(Br)c1. The smallest absolute Gasteiger partial charge is 0.344 e. The molecule has 0 amide bonds. The van der Waals surface area contributed by atoms with Crippen LogP contribution in [0.4, 0.5) is 0 Å². The molecule has 0 saturated heterocycles. The van der Waals surface area contributed by atoms with Crippen LogP contribution >= 0.6 is 31.9 Å². The highest BCUT2D eigenvalue weighted by Crippen LogP contribution is 2.32. The van der Waals surface area contributed by atoms with Gasteiger partial charge in [-0.1, -0.05) is 67.3 Å². The molecule has 0 aliphatic rings. The van der Waals surface area contributed by atoms with E-state index in [1.165, 1.54) is 6.21 Å². The van der Waals surface area contributed by atoms with Crippen molar-refractivity contribution in [2.45, 2.75) is 13.2 Å². The molecule has 6 nitrogen and oxygen atoms in total. The van der Waals surface area contributed by atoms with Crippen molar-refractivity contribution in [2.24, 2.45) is 5.16 Å². The Kier molecular flexibility index (Phi) is 8.49. The summed E-state index contributed by atoms with van der Waals surface area (Å²) in [5.74, 6) is -0.0771. The third-order valence-electron chi connectivity index (χ3n) is 4.02. The van der Waals surface area contributed by atoms with E-state index in [4.69, 9.17) is 19.4 Å². The van der Waals surface area contributed by atoms with Gasteiger partial charge in [0.05, 0.1) is 6.21 Å². The highest BCUT2D eigenvalue weighted by molar-refractivity contribution is 9.10. The van der Waals surface area contributed by atoms with Crippen LogP contribution in [0.25, 0.3) is 0 Å². The molecule has 1 N–H and O–H groups in total. The summed E-state index contributed by atoms with van der Waals surface area (Å²) in [6.45, 7) is 0.139. The Bertz CT molecular complexity index is 1070. The molecule has 0 aromatic heterocycles. The van der Waals surface area contributed by atoms with Gasteiger partial charge < -0.3 is 19.4 Å². The lowest BCUT2D eigenvalue weighted by Crippen LogP contribution is -2.05. The van der Waals surface area contributed by atoms with Gasteiger partial charge in [0, 0.05) is 14.5 Å². The first-order valence-corrected chi connectivity index (χ1v) is 10.8. The first kappa shape index (κ1) is 22.8. The lowest BCUT2D eigenvalue weighted by Gasteiger charge is -2.15. The molecule has 3 rings (SSSR count). The van der Waals surface area contributed by atoms with Crippen LogP contribution < -0.4 is 9.47 Å². The Hall–Kier alpha value is -2.84. The Balaban J connectivity index is 1.81. The summed E-state index contributed by atoms with van der Waals surface area (Å²) in [6.07, 6.45) is 1.41. The molecule has 3 aromatic carbocycles. The molecule has 0 spiro atoms. The van der Waals surface area contributed by atoms with Gasteiger partial charge in [0.2, 0.25) is 6.61 Å². The van der Waals surface area contributed by atoms with Crippen LogP contribution in [-0.2, 0) is 22.8 Å². The number of para-hydroxylation sites is 1. The van der Waals surface area contributed by atoms with Crippen LogP contribution in [0, 0.1) is 0 Å². The number of benzene rings is 3. The molecule has 0 fully saturated rings. The van der Waals surface area contributed by atoms with Gasteiger partial charge in [-0.3, -0.25) is 0 Å². The Labute approximate surface area is 196 Å². The fraction of sp³-hybridized carbons (Fsp3) is 0.130. The maximum atomic E-state index is 10.6. The summed E-state index contributed by atoms with van der Waals surface area (Å²) in [5.41, 5.74) is 2.57. The van der Waals surface area contributed by atoms with Crippen molar-refractivity contribution in [3.63, 3.8) is 0 Å². The Morgan fingerprint density at radius 1 is 0.903 bits per heavy atom. The molecule has 0 heterocycles. The van der Waals surface area contributed by atoms with Gasteiger partial charge in [0.1, 0.15) is 13.2 Å². The molecule has 3 aromatic rings. The minimum absolute atomic E-state index is 0.313. The van der Waals surface area contributed by atoms with Crippen molar-refractivity contribution in [3.8, 4) is 11.5 Å². The normalized spacial score (nSPS) is 10.8. The van der Waals surface area contributed by atoms with E-state index < -0.39 is 12.6 Å². The van der Waals surface area contributed by atoms with Gasteiger partial charge in [-0.15, -0.1) is 0 Å². The predicted octanol–water partition coefficient (Wildman–Crippen LogP) is 5.80. The van der Waals surface area contributed by atoms with Gasteiger partial charge >= 0.3 is 5.97 Å². The third kappa shape index (κ3) is 7.41. The summed E-state index contributed by atoms with van der Waals surface area (Å²) in [4.78, 5) is 15.4. The van der Waals surface area contributed by atoms with Crippen LogP contribution in [0.5, 0.6) is 11.5 Å². The second-order valence-electron chi connectivity index (χ2n) is 6.41. The summed E-state index contributed by atoms with van der Waals surface area (Å²) >= 11 is 6.92. The monoisotopic (exact) mass is 547 g/mol. The molecule has 31 heavy (non-hydrogen) atoms. The fourth-order valence-electron chi connectivity index (χ4n) is 2.66. The number of oxime groups is 1. The van der Waals surface area contributed by atoms with E-state index in [1.807, 2.05) is 54.6 Å². The number of ether oxygens (including phenoxy) is 2. The average molecular weight is 549 g/mol. The number of hydrogen-bond donors (Lipinski definition) is 1. The molecule has 0 radical (unpaired) electrons. The summed E-state index contributed by atoms with van der Waals surface area (Å²) in [6, 6.07) is 21.0. The molecule has 8 heteroatoms. The highest BCUT2D eigenvalue weighted by atomic mass is 79.9. The standard InChI is InChI=1S/C23H19Br2NO5/c24-19-7-1-4-16(10-19)13-29-21-9-3-6-18(12-26-31-15-22(27)28)23(21)30-14-17-5-2-8-20(25)11-17/h1-12H,13-15H2,(H,27,28). The van der Waals surface area contributed by atoms with E-state index in [0.717, 1.165) is 20.1 Å². The Morgan fingerprint density at radius 2 is 1.52 bits per heavy atom. The van der Waals surface area contributed by atoms with E-state index >= 15 is 0 Å². The number of carbonyl (C=O) groups is 1. The number of carboxylic acid groups (broad SMARTS) is 1. The minimum Gasteiger partial charge on any atom is -0.485 e. The van der Waals surface area contributed by atoms with Gasteiger partial charge in [-0.2, -0.15) is 0 Å². The van der Waals surface area contributed by atoms with Crippen molar-refractivity contribution in [2.75, 3.05) is 6.61 Å². The highest BCUT2D eigenvalue weighted by Gasteiger charge is 2.12. The first-order chi connectivity index (χ1) is 15.0. The largest absolute Gasteiger partial charge is 0.485 e. The van der Waals surface area contributed by atoms with Crippen molar-refractivity contribution in [1.82, 2.24) is 0 Å². The van der Waals surface area contributed by atoms with Crippen molar-refractivity contribution in [3.05, 3.63) is 92.4 Å². The lowest BCUT2D eigenvalue weighted by atomic mass is 10.2. The number of rotatable bonds is 10. The number of hydrogen-bond acceptors (Lipinski definition) is 5. The van der Waals surface area contributed by atoms with E-state index in [0.29, 0.717) is 30.3 Å². The van der Waals surface area contributed by atoms with Crippen LogP contribution in [0.1, 0.15) is 16.7 Å². The van der Waals surface area contributed by atoms with Crippen molar-refractivity contribution in [1.29, 1.82) is 0 Å². The number of carboxylic acids is 1. The van der Waals surface area contributed by atoms with Crippen molar-refractivity contribution < 1.29 is 24.2 Å². The lowest BCUT2D eigenvalue weighted by molar-refractivity contribution is -0.142. The number of nitrogens with zero attached hydrogens (tertiary/aromatic N) is 1. The van der Waals surface area contributed by atoms with E-state index in [9.17, 15) is 4.79 Å². The van der Waals surface area contributed by atoms with E-state index in [2.05, 4.69) is 37.0 Å². The zero-order valence-electron chi connectivity index (χ0n) is 16.3. The molecular weight excluding hydrogens is 530 g/mol. The molecule has 0 atom stereocenters. The quantitative estimate of drug-likeness (QED) is 0.256. The zero-order chi connectivity index (χ0) is 22.1. The predicted molar refractivity (Wildman–Crippen MR) is 125 cm³/mol. The first-order valence-electron chi connectivity index (χ1n) is 9.26. The number of halogens is 2. The minimum atomic E-state index is -1.10. The van der Waals surface area contributed by atoms with Gasteiger partial charge in [-0.25, -0.2) is 4.79 Å².